The lowest BCUT2D eigenvalue weighted by Gasteiger charge is -2.22. The van der Waals surface area contributed by atoms with Crippen LogP contribution < -0.4 is 16.2 Å². The van der Waals surface area contributed by atoms with E-state index in [4.69, 9.17) is 0 Å². The summed E-state index contributed by atoms with van der Waals surface area (Å²) in [5, 5.41) is 3.22. The maximum Gasteiger partial charge on any atom is 0.238 e. The molecule has 0 bridgehead atoms. The first kappa shape index (κ1) is 6.12. The van der Waals surface area contributed by atoms with Crippen LogP contribution in [0.3, 0.4) is 0 Å². The zero-order chi connectivity index (χ0) is 6.97. The normalized spacial score (nSPS) is 39.0. The second-order valence-electron chi connectivity index (χ2n) is 2.84. The molecule has 0 aromatic heterocycles. The molecular formula is C6H11N3O. The molecule has 0 aromatic rings. The predicted molar refractivity (Wildman–Crippen MR) is 36.0 cm³/mol. The van der Waals surface area contributed by atoms with E-state index in [9.17, 15) is 4.79 Å². The summed E-state index contributed by atoms with van der Waals surface area (Å²) in [6, 6.07) is 0.321. The SMILES string of the molecule is O=C1NNC2CNCCC12. The Morgan fingerprint density at radius 2 is 2.40 bits per heavy atom. The van der Waals surface area contributed by atoms with Gasteiger partial charge in [0, 0.05) is 6.54 Å². The lowest BCUT2D eigenvalue weighted by Crippen LogP contribution is -2.45. The topological polar surface area (TPSA) is 53.2 Å². The van der Waals surface area contributed by atoms with Gasteiger partial charge in [0.15, 0.2) is 0 Å². The molecule has 0 saturated carbocycles. The Bertz CT molecular complexity index is 159. The fraction of sp³-hybridized carbons (Fsp3) is 0.833. The van der Waals surface area contributed by atoms with Crippen LogP contribution in [-0.4, -0.2) is 25.0 Å². The van der Waals surface area contributed by atoms with E-state index in [1.54, 1.807) is 0 Å². The van der Waals surface area contributed by atoms with E-state index in [0.29, 0.717) is 6.04 Å². The summed E-state index contributed by atoms with van der Waals surface area (Å²) in [6.45, 7) is 1.87. The van der Waals surface area contributed by atoms with Crippen molar-refractivity contribution in [2.75, 3.05) is 13.1 Å². The van der Waals surface area contributed by atoms with Crippen LogP contribution >= 0.6 is 0 Å². The van der Waals surface area contributed by atoms with Gasteiger partial charge in [-0.3, -0.25) is 10.2 Å². The van der Waals surface area contributed by atoms with Crippen molar-refractivity contribution in [3.63, 3.8) is 0 Å². The van der Waals surface area contributed by atoms with Crippen LogP contribution in [0.5, 0.6) is 0 Å². The highest BCUT2D eigenvalue weighted by Crippen LogP contribution is 2.15. The van der Waals surface area contributed by atoms with Gasteiger partial charge in [-0.2, -0.15) is 0 Å². The number of piperidine rings is 1. The maximum atomic E-state index is 11.0. The molecule has 56 valence electrons. The second kappa shape index (κ2) is 2.21. The smallest absolute Gasteiger partial charge is 0.238 e. The maximum absolute atomic E-state index is 11.0. The Balaban J connectivity index is 2.08. The highest BCUT2D eigenvalue weighted by Gasteiger charge is 2.35. The van der Waals surface area contributed by atoms with Crippen LogP contribution in [0, 0.1) is 5.92 Å². The number of hydrogen-bond acceptors (Lipinski definition) is 3. The molecule has 2 aliphatic heterocycles. The standard InChI is InChI=1S/C6H11N3O/c10-6-4-1-2-7-3-5(4)8-9-6/h4-5,7-8H,1-3H2,(H,9,10). The molecule has 2 unspecified atom stereocenters. The Hall–Kier alpha value is -0.610. The van der Waals surface area contributed by atoms with Gasteiger partial charge < -0.3 is 5.32 Å². The largest absolute Gasteiger partial charge is 0.315 e. The molecule has 3 N–H and O–H groups in total. The molecule has 2 heterocycles. The van der Waals surface area contributed by atoms with E-state index < -0.39 is 0 Å². The number of hydrogen-bond donors (Lipinski definition) is 3. The van der Waals surface area contributed by atoms with Gasteiger partial charge in [0.05, 0.1) is 12.0 Å². The van der Waals surface area contributed by atoms with Gasteiger partial charge in [0.2, 0.25) is 5.91 Å². The van der Waals surface area contributed by atoms with Crippen LogP contribution in [0.25, 0.3) is 0 Å². The average Bonchev–Trinajstić information content (AvgIpc) is 2.34. The minimum atomic E-state index is 0.159. The third-order valence-corrected chi connectivity index (χ3v) is 2.20. The highest BCUT2D eigenvalue weighted by atomic mass is 16.2. The fourth-order valence-electron chi connectivity index (χ4n) is 1.58. The van der Waals surface area contributed by atoms with Gasteiger partial charge in [0.1, 0.15) is 0 Å². The molecule has 4 nitrogen and oxygen atoms in total. The van der Waals surface area contributed by atoms with Crippen molar-refractivity contribution in [2.45, 2.75) is 12.5 Å². The molecule has 4 heteroatoms. The third kappa shape index (κ3) is 0.803. The van der Waals surface area contributed by atoms with Crippen molar-refractivity contribution in [1.29, 1.82) is 0 Å². The van der Waals surface area contributed by atoms with Crippen molar-refractivity contribution in [3.8, 4) is 0 Å². The quantitative estimate of drug-likeness (QED) is 0.389. The minimum absolute atomic E-state index is 0.159. The number of carbonyl (C=O) groups excluding carboxylic acids is 1. The first-order chi connectivity index (χ1) is 4.88. The average molecular weight is 141 g/mol. The Morgan fingerprint density at radius 3 is 3.20 bits per heavy atom. The molecule has 2 atom stereocenters. The monoisotopic (exact) mass is 141 g/mol. The zero-order valence-electron chi connectivity index (χ0n) is 5.68. The van der Waals surface area contributed by atoms with Crippen LogP contribution in [-0.2, 0) is 4.79 Å². The van der Waals surface area contributed by atoms with Crippen LogP contribution in [0.15, 0.2) is 0 Å². The summed E-state index contributed by atoms with van der Waals surface area (Å²) in [5.74, 6) is 0.368. The van der Waals surface area contributed by atoms with E-state index in [2.05, 4.69) is 16.2 Å². The van der Waals surface area contributed by atoms with Crippen LogP contribution in [0.2, 0.25) is 0 Å². The number of carbonyl (C=O) groups is 1. The fourth-order valence-corrected chi connectivity index (χ4v) is 1.58. The molecule has 1 amide bonds. The minimum Gasteiger partial charge on any atom is -0.315 e. The van der Waals surface area contributed by atoms with E-state index >= 15 is 0 Å². The van der Waals surface area contributed by atoms with Crippen molar-refractivity contribution < 1.29 is 4.79 Å². The number of rotatable bonds is 0. The number of hydrazine groups is 1. The predicted octanol–water partition coefficient (Wildman–Crippen LogP) is -1.40. The first-order valence-corrected chi connectivity index (χ1v) is 3.64. The molecule has 2 rings (SSSR count). The first-order valence-electron chi connectivity index (χ1n) is 3.64. The molecule has 10 heavy (non-hydrogen) atoms. The summed E-state index contributed by atoms with van der Waals surface area (Å²) in [7, 11) is 0. The summed E-state index contributed by atoms with van der Waals surface area (Å²) in [4.78, 5) is 11.0. The Labute approximate surface area is 59.3 Å². The summed E-state index contributed by atoms with van der Waals surface area (Å²) >= 11 is 0. The molecule has 0 spiro atoms. The Morgan fingerprint density at radius 1 is 1.50 bits per heavy atom. The van der Waals surface area contributed by atoms with Gasteiger partial charge in [-0.15, -0.1) is 0 Å². The van der Waals surface area contributed by atoms with E-state index in [0.717, 1.165) is 19.5 Å². The summed E-state index contributed by atoms with van der Waals surface area (Å²) in [6.07, 6.45) is 0.962. The Kier molecular flexibility index (Phi) is 1.35. The molecular weight excluding hydrogens is 130 g/mol. The van der Waals surface area contributed by atoms with E-state index in [1.807, 2.05) is 0 Å². The molecule has 0 radical (unpaired) electrons. The van der Waals surface area contributed by atoms with Crippen LogP contribution in [0.4, 0.5) is 0 Å². The van der Waals surface area contributed by atoms with Gasteiger partial charge >= 0.3 is 0 Å². The summed E-state index contributed by atoms with van der Waals surface area (Å²) < 4.78 is 0. The summed E-state index contributed by atoms with van der Waals surface area (Å²) in [5.41, 5.74) is 5.58. The van der Waals surface area contributed by atoms with E-state index in [1.165, 1.54) is 0 Å². The van der Waals surface area contributed by atoms with Crippen molar-refractivity contribution >= 4 is 5.91 Å². The molecule has 2 saturated heterocycles. The van der Waals surface area contributed by atoms with Gasteiger partial charge in [0.25, 0.3) is 0 Å². The van der Waals surface area contributed by atoms with Crippen molar-refractivity contribution in [2.24, 2.45) is 5.92 Å². The number of amides is 1. The lowest BCUT2D eigenvalue weighted by atomic mass is 9.94. The molecule has 2 aliphatic rings. The number of fused-ring (bicyclic) bond motifs is 1. The molecule has 0 aromatic carbocycles. The lowest BCUT2D eigenvalue weighted by molar-refractivity contribution is -0.123. The van der Waals surface area contributed by atoms with Gasteiger partial charge in [-0.25, -0.2) is 5.43 Å². The van der Waals surface area contributed by atoms with Crippen molar-refractivity contribution in [1.82, 2.24) is 16.2 Å². The van der Waals surface area contributed by atoms with Gasteiger partial charge in [-0.1, -0.05) is 0 Å². The zero-order valence-corrected chi connectivity index (χ0v) is 5.68. The number of nitrogens with one attached hydrogen (secondary N) is 3. The van der Waals surface area contributed by atoms with E-state index in [-0.39, 0.29) is 11.8 Å². The molecule has 0 aliphatic carbocycles. The highest BCUT2D eigenvalue weighted by molar-refractivity contribution is 5.81. The van der Waals surface area contributed by atoms with Gasteiger partial charge in [-0.05, 0) is 13.0 Å². The van der Waals surface area contributed by atoms with Crippen LogP contribution in [0.1, 0.15) is 6.42 Å². The van der Waals surface area contributed by atoms with Crippen molar-refractivity contribution in [3.05, 3.63) is 0 Å². The second-order valence-corrected chi connectivity index (χ2v) is 2.84. The molecule has 2 fully saturated rings. The third-order valence-electron chi connectivity index (χ3n) is 2.20.